The summed E-state index contributed by atoms with van der Waals surface area (Å²) in [6.45, 7) is 2.86. The molecule has 13 heavy (non-hydrogen) atoms. The third kappa shape index (κ3) is 7.34. The fraction of sp³-hybridized carbons (Fsp3) is 1.00. The summed E-state index contributed by atoms with van der Waals surface area (Å²) in [5.41, 5.74) is 0. The van der Waals surface area contributed by atoms with Crippen LogP contribution in [-0.2, 0) is 4.74 Å². The van der Waals surface area contributed by atoms with E-state index in [0.29, 0.717) is 18.4 Å². The van der Waals surface area contributed by atoms with Gasteiger partial charge in [-0.25, -0.2) is 8.78 Å². The van der Waals surface area contributed by atoms with Gasteiger partial charge in [-0.1, -0.05) is 15.9 Å². The monoisotopic (exact) mass is 259 g/mol. The Morgan fingerprint density at radius 1 is 1.38 bits per heavy atom. The van der Waals surface area contributed by atoms with E-state index >= 15 is 0 Å². The zero-order valence-electron chi connectivity index (χ0n) is 7.97. The summed E-state index contributed by atoms with van der Waals surface area (Å²) in [5.74, 6) is 0. The van der Waals surface area contributed by atoms with Crippen LogP contribution in [0.5, 0.6) is 0 Å². The summed E-state index contributed by atoms with van der Waals surface area (Å²) >= 11 is 3.22. The molecule has 0 heterocycles. The quantitative estimate of drug-likeness (QED) is 0.649. The minimum Gasteiger partial charge on any atom is -0.380 e. The van der Waals surface area contributed by atoms with Crippen molar-refractivity contribution >= 4 is 15.9 Å². The molecule has 0 amide bonds. The predicted octanol–water partition coefficient (Wildman–Crippen LogP) is 1.98. The van der Waals surface area contributed by atoms with Crippen LogP contribution in [0, 0.1) is 0 Å². The first-order valence-electron chi connectivity index (χ1n) is 4.19. The maximum absolute atomic E-state index is 12.1. The summed E-state index contributed by atoms with van der Waals surface area (Å²) in [4.78, 5) is 1.69. The van der Waals surface area contributed by atoms with Crippen LogP contribution in [0.4, 0.5) is 8.78 Å². The van der Waals surface area contributed by atoms with Gasteiger partial charge in [0.15, 0.2) is 0 Å². The highest BCUT2D eigenvalue weighted by Gasteiger charge is 2.13. The first-order valence-corrected chi connectivity index (χ1v) is 5.31. The van der Waals surface area contributed by atoms with Gasteiger partial charge in [-0.3, -0.25) is 4.90 Å². The molecule has 5 heteroatoms. The molecule has 0 aromatic carbocycles. The number of hydrogen-bond donors (Lipinski definition) is 0. The van der Waals surface area contributed by atoms with E-state index in [9.17, 15) is 8.78 Å². The summed E-state index contributed by atoms with van der Waals surface area (Å²) in [7, 11) is 1.58. The number of rotatable bonds is 7. The smallest absolute Gasteiger partial charge is 0.251 e. The van der Waals surface area contributed by atoms with Crippen LogP contribution in [0.2, 0.25) is 0 Å². The molecule has 1 atom stereocenters. The maximum atomic E-state index is 12.1. The third-order valence-corrected chi connectivity index (χ3v) is 2.07. The Hall–Kier alpha value is 0.260. The summed E-state index contributed by atoms with van der Waals surface area (Å²) < 4.78 is 29.1. The molecule has 0 rings (SSSR count). The van der Waals surface area contributed by atoms with Crippen molar-refractivity contribution in [2.45, 2.75) is 19.5 Å². The lowest BCUT2D eigenvalue weighted by atomic mass is 10.3. The lowest BCUT2D eigenvalue weighted by Crippen LogP contribution is -2.36. The fourth-order valence-corrected chi connectivity index (χ4v) is 1.51. The SMILES string of the molecule is COC(C)CN(CCBr)CC(F)F. The van der Waals surface area contributed by atoms with Gasteiger partial charge < -0.3 is 4.74 Å². The molecule has 80 valence electrons. The predicted molar refractivity (Wildman–Crippen MR) is 52.7 cm³/mol. The summed E-state index contributed by atoms with van der Waals surface area (Å²) in [5, 5.41) is 0.705. The average Bonchev–Trinajstić information content (AvgIpc) is 2.03. The Bertz CT molecular complexity index is 127. The molecule has 0 fully saturated rings. The lowest BCUT2D eigenvalue weighted by Gasteiger charge is -2.23. The van der Waals surface area contributed by atoms with Crippen LogP contribution < -0.4 is 0 Å². The van der Waals surface area contributed by atoms with Crippen molar-refractivity contribution in [3.05, 3.63) is 0 Å². The Labute approximate surface area is 86.4 Å². The van der Waals surface area contributed by atoms with Crippen LogP contribution in [-0.4, -0.2) is 49.5 Å². The molecule has 0 aliphatic rings. The van der Waals surface area contributed by atoms with E-state index in [0.717, 1.165) is 0 Å². The van der Waals surface area contributed by atoms with Crippen molar-refractivity contribution in [2.75, 3.05) is 32.1 Å². The number of alkyl halides is 3. The minimum absolute atomic E-state index is 0.00204. The van der Waals surface area contributed by atoms with Gasteiger partial charge >= 0.3 is 0 Å². The van der Waals surface area contributed by atoms with E-state index in [4.69, 9.17) is 4.74 Å². The van der Waals surface area contributed by atoms with Crippen molar-refractivity contribution in [3.63, 3.8) is 0 Å². The standard InChI is InChI=1S/C8H16BrF2NO/c1-7(13-2)5-12(4-3-9)6-8(10)11/h7-8H,3-6H2,1-2H3. The van der Waals surface area contributed by atoms with E-state index in [2.05, 4.69) is 15.9 Å². The van der Waals surface area contributed by atoms with Crippen molar-refractivity contribution < 1.29 is 13.5 Å². The van der Waals surface area contributed by atoms with E-state index < -0.39 is 6.43 Å². The molecule has 0 bridgehead atoms. The number of hydrogen-bond acceptors (Lipinski definition) is 2. The van der Waals surface area contributed by atoms with E-state index in [1.807, 2.05) is 6.92 Å². The highest BCUT2D eigenvalue weighted by atomic mass is 79.9. The van der Waals surface area contributed by atoms with Crippen LogP contribution >= 0.6 is 15.9 Å². The first kappa shape index (κ1) is 13.3. The number of ether oxygens (including phenoxy) is 1. The molecule has 0 saturated carbocycles. The Morgan fingerprint density at radius 3 is 2.38 bits per heavy atom. The molecule has 2 nitrogen and oxygen atoms in total. The minimum atomic E-state index is -2.27. The average molecular weight is 260 g/mol. The number of halogens is 3. The molecule has 0 aliphatic carbocycles. The normalized spacial score (nSPS) is 14.1. The molecule has 0 aliphatic heterocycles. The van der Waals surface area contributed by atoms with Crippen LogP contribution in [0.25, 0.3) is 0 Å². The van der Waals surface area contributed by atoms with Crippen LogP contribution in [0.3, 0.4) is 0 Å². The summed E-state index contributed by atoms with van der Waals surface area (Å²) in [6.07, 6.45) is -2.28. The molecule has 0 N–H and O–H groups in total. The Morgan fingerprint density at radius 2 is 2.00 bits per heavy atom. The van der Waals surface area contributed by atoms with Gasteiger partial charge in [0.05, 0.1) is 12.6 Å². The summed E-state index contributed by atoms with van der Waals surface area (Å²) in [6, 6.07) is 0. The molecular formula is C8H16BrF2NO. The van der Waals surface area contributed by atoms with E-state index in [-0.39, 0.29) is 12.6 Å². The van der Waals surface area contributed by atoms with Gasteiger partial charge in [0.1, 0.15) is 0 Å². The molecule has 0 aromatic heterocycles. The van der Waals surface area contributed by atoms with Gasteiger partial charge in [-0.05, 0) is 6.92 Å². The van der Waals surface area contributed by atoms with E-state index in [1.54, 1.807) is 12.0 Å². The number of nitrogens with zero attached hydrogens (tertiary/aromatic N) is 1. The van der Waals surface area contributed by atoms with Crippen molar-refractivity contribution in [1.82, 2.24) is 4.90 Å². The van der Waals surface area contributed by atoms with E-state index in [1.165, 1.54) is 0 Å². The van der Waals surface area contributed by atoms with Gasteiger partial charge in [0.2, 0.25) is 0 Å². The van der Waals surface area contributed by atoms with Crippen molar-refractivity contribution in [1.29, 1.82) is 0 Å². The largest absolute Gasteiger partial charge is 0.380 e. The zero-order chi connectivity index (χ0) is 10.3. The van der Waals surface area contributed by atoms with Crippen molar-refractivity contribution in [3.8, 4) is 0 Å². The fourth-order valence-electron chi connectivity index (χ4n) is 1.01. The highest BCUT2D eigenvalue weighted by molar-refractivity contribution is 9.09. The van der Waals surface area contributed by atoms with Crippen LogP contribution in [0.1, 0.15) is 6.92 Å². The van der Waals surface area contributed by atoms with Gasteiger partial charge in [-0.15, -0.1) is 0 Å². The highest BCUT2D eigenvalue weighted by Crippen LogP contribution is 2.02. The Balaban J connectivity index is 3.78. The topological polar surface area (TPSA) is 12.5 Å². The second-order valence-corrected chi connectivity index (χ2v) is 3.68. The van der Waals surface area contributed by atoms with Crippen LogP contribution in [0.15, 0.2) is 0 Å². The third-order valence-electron chi connectivity index (χ3n) is 1.71. The van der Waals surface area contributed by atoms with Gasteiger partial charge in [-0.2, -0.15) is 0 Å². The second-order valence-electron chi connectivity index (χ2n) is 2.89. The Kier molecular flexibility index (Phi) is 7.80. The molecule has 1 unspecified atom stereocenters. The molecule has 0 saturated heterocycles. The second kappa shape index (κ2) is 7.64. The molecule has 0 aromatic rings. The van der Waals surface area contributed by atoms with Crippen molar-refractivity contribution in [2.24, 2.45) is 0 Å². The van der Waals surface area contributed by atoms with Gasteiger partial charge in [0.25, 0.3) is 6.43 Å². The molecular weight excluding hydrogens is 244 g/mol. The zero-order valence-corrected chi connectivity index (χ0v) is 9.56. The lowest BCUT2D eigenvalue weighted by molar-refractivity contribution is 0.0443. The first-order chi connectivity index (χ1) is 6.10. The molecule has 0 radical (unpaired) electrons. The number of methoxy groups -OCH3 is 1. The van der Waals surface area contributed by atoms with Gasteiger partial charge in [0, 0.05) is 25.5 Å². The molecule has 0 spiro atoms. The maximum Gasteiger partial charge on any atom is 0.251 e.